The summed E-state index contributed by atoms with van der Waals surface area (Å²) in [6.45, 7) is 2.83. The number of urea groups is 1. The Balaban J connectivity index is 1.97. The summed E-state index contributed by atoms with van der Waals surface area (Å²) in [6.07, 6.45) is 0.711. The molecule has 0 saturated carbocycles. The minimum atomic E-state index is -0.454. The van der Waals surface area contributed by atoms with Crippen LogP contribution < -0.4 is 11.1 Å². The molecule has 1 fully saturated rings. The zero-order chi connectivity index (χ0) is 15.6. The third kappa shape index (κ3) is 3.80. The molecule has 1 saturated heterocycles. The van der Waals surface area contributed by atoms with E-state index in [2.05, 4.69) is 5.32 Å². The van der Waals surface area contributed by atoms with E-state index in [1.165, 1.54) is 4.90 Å². The van der Waals surface area contributed by atoms with E-state index in [0.29, 0.717) is 29.6 Å². The van der Waals surface area contributed by atoms with Crippen LogP contribution in [0.4, 0.5) is 4.79 Å². The lowest BCUT2D eigenvalue weighted by Crippen LogP contribution is -2.41. The SMILES string of the molecule is C[C@@H](C(=O)N[C@H]1CCN(C(N)=O)C1)c1ccc(Cl)c(Cl)c1. The van der Waals surface area contributed by atoms with Crippen molar-refractivity contribution < 1.29 is 9.59 Å². The van der Waals surface area contributed by atoms with Crippen molar-refractivity contribution >= 4 is 35.1 Å². The summed E-state index contributed by atoms with van der Waals surface area (Å²) in [5.41, 5.74) is 6.02. The summed E-state index contributed by atoms with van der Waals surface area (Å²) in [6, 6.07) is 4.63. The molecule has 1 aromatic rings. The molecule has 21 heavy (non-hydrogen) atoms. The smallest absolute Gasteiger partial charge is 0.314 e. The highest BCUT2D eigenvalue weighted by Gasteiger charge is 2.27. The van der Waals surface area contributed by atoms with Gasteiger partial charge in [0.15, 0.2) is 0 Å². The Bertz CT molecular complexity index is 565. The van der Waals surface area contributed by atoms with Gasteiger partial charge in [-0.15, -0.1) is 0 Å². The number of hydrogen-bond donors (Lipinski definition) is 2. The number of benzene rings is 1. The van der Waals surface area contributed by atoms with E-state index >= 15 is 0 Å². The van der Waals surface area contributed by atoms with Crippen molar-refractivity contribution in [3.05, 3.63) is 33.8 Å². The first-order chi connectivity index (χ1) is 9.88. The second-order valence-electron chi connectivity index (χ2n) is 5.17. The summed E-state index contributed by atoms with van der Waals surface area (Å²) in [5, 5.41) is 3.82. The van der Waals surface area contributed by atoms with Crippen molar-refractivity contribution in [3.63, 3.8) is 0 Å². The maximum Gasteiger partial charge on any atom is 0.314 e. The fraction of sp³-hybridized carbons (Fsp3) is 0.429. The van der Waals surface area contributed by atoms with Crippen molar-refractivity contribution in [1.29, 1.82) is 0 Å². The quantitative estimate of drug-likeness (QED) is 0.893. The van der Waals surface area contributed by atoms with Gasteiger partial charge in [-0.3, -0.25) is 4.79 Å². The van der Waals surface area contributed by atoms with Crippen LogP contribution in [-0.4, -0.2) is 36.0 Å². The Kier molecular flexibility index (Phi) is 4.96. The van der Waals surface area contributed by atoms with Gasteiger partial charge in [-0.05, 0) is 31.0 Å². The molecule has 0 spiro atoms. The van der Waals surface area contributed by atoms with Crippen molar-refractivity contribution in [3.8, 4) is 0 Å². The molecule has 0 radical (unpaired) electrons. The van der Waals surface area contributed by atoms with Gasteiger partial charge < -0.3 is 16.0 Å². The van der Waals surface area contributed by atoms with Gasteiger partial charge >= 0.3 is 6.03 Å². The highest BCUT2D eigenvalue weighted by atomic mass is 35.5. The van der Waals surface area contributed by atoms with Crippen LogP contribution in [0.2, 0.25) is 10.0 Å². The molecule has 2 atom stereocenters. The topological polar surface area (TPSA) is 75.4 Å². The van der Waals surface area contributed by atoms with Crippen molar-refractivity contribution in [2.45, 2.75) is 25.3 Å². The van der Waals surface area contributed by atoms with Gasteiger partial charge in [-0.2, -0.15) is 0 Å². The van der Waals surface area contributed by atoms with E-state index in [4.69, 9.17) is 28.9 Å². The molecule has 1 aromatic carbocycles. The Labute approximate surface area is 133 Å². The molecule has 3 amide bonds. The third-order valence-electron chi connectivity index (χ3n) is 3.68. The van der Waals surface area contributed by atoms with Gasteiger partial charge in [0.25, 0.3) is 0 Å². The fourth-order valence-corrected chi connectivity index (χ4v) is 2.64. The van der Waals surface area contributed by atoms with Gasteiger partial charge in [-0.25, -0.2) is 4.79 Å². The Morgan fingerprint density at radius 3 is 2.67 bits per heavy atom. The number of nitrogens with two attached hydrogens (primary N) is 1. The monoisotopic (exact) mass is 329 g/mol. The van der Waals surface area contributed by atoms with Gasteiger partial charge in [0.2, 0.25) is 5.91 Å². The number of halogens is 2. The molecule has 0 unspecified atom stereocenters. The molecule has 114 valence electrons. The predicted octanol–water partition coefficient (Wildman–Crippen LogP) is 2.37. The lowest BCUT2D eigenvalue weighted by Gasteiger charge is -2.18. The third-order valence-corrected chi connectivity index (χ3v) is 4.42. The summed E-state index contributed by atoms with van der Waals surface area (Å²) < 4.78 is 0. The number of nitrogens with zero attached hydrogens (tertiary/aromatic N) is 1. The van der Waals surface area contributed by atoms with Gasteiger partial charge in [0.05, 0.1) is 16.0 Å². The van der Waals surface area contributed by atoms with Gasteiger partial charge in [-0.1, -0.05) is 29.3 Å². The highest BCUT2D eigenvalue weighted by molar-refractivity contribution is 6.42. The second-order valence-corrected chi connectivity index (χ2v) is 5.99. The number of rotatable bonds is 3. The van der Waals surface area contributed by atoms with Crippen LogP contribution in [0, 0.1) is 0 Å². The normalized spacial score (nSPS) is 19.4. The summed E-state index contributed by atoms with van der Waals surface area (Å²) in [7, 11) is 0. The van der Waals surface area contributed by atoms with E-state index in [0.717, 1.165) is 5.56 Å². The maximum atomic E-state index is 12.3. The molecule has 2 rings (SSSR count). The molecule has 1 aliphatic heterocycles. The molecular formula is C14H17Cl2N3O2. The van der Waals surface area contributed by atoms with Crippen molar-refractivity contribution in [2.24, 2.45) is 5.73 Å². The number of nitrogens with one attached hydrogen (secondary N) is 1. The molecule has 5 nitrogen and oxygen atoms in total. The van der Waals surface area contributed by atoms with Crippen LogP contribution in [0.3, 0.4) is 0 Å². The minimum absolute atomic E-state index is 0.0600. The summed E-state index contributed by atoms with van der Waals surface area (Å²) in [4.78, 5) is 24.8. The van der Waals surface area contributed by atoms with Crippen molar-refractivity contribution in [1.82, 2.24) is 10.2 Å². The number of carbonyl (C=O) groups excluding carboxylic acids is 2. The molecule has 7 heteroatoms. The average molecular weight is 330 g/mol. The van der Waals surface area contributed by atoms with Crippen LogP contribution in [-0.2, 0) is 4.79 Å². The number of likely N-dealkylation sites (tertiary alicyclic amines) is 1. The van der Waals surface area contributed by atoms with Crippen LogP contribution in [0.25, 0.3) is 0 Å². The molecule has 1 aliphatic rings. The number of hydrogen-bond acceptors (Lipinski definition) is 2. The van der Waals surface area contributed by atoms with Crippen LogP contribution >= 0.6 is 23.2 Å². The Hall–Kier alpha value is -1.46. The van der Waals surface area contributed by atoms with Gasteiger partial charge in [0.1, 0.15) is 0 Å². The Morgan fingerprint density at radius 1 is 1.38 bits per heavy atom. The molecule has 0 aromatic heterocycles. The van der Waals surface area contributed by atoms with Crippen LogP contribution in [0.5, 0.6) is 0 Å². The van der Waals surface area contributed by atoms with Gasteiger partial charge in [0, 0.05) is 19.1 Å². The zero-order valence-corrected chi connectivity index (χ0v) is 13.1. The lowest BCUT2D eigenvalue weighted by atomic mass is 10.00. The van der Waals surface area contributed by atoms with E-state index in [-0.39, 0.29) is 17.9 Å². The standard InChI is InChI=1S/C14H17Cl2N3O2/c1-8(9-2-3-11(15)12(16)6-9)13(20)18-10-4-5-19(7-10)14(17)21/h2-3,6,8,10H,4-5,7H2,1H3,(H2,17,21)(H,18,20)/t8-,10+/m1/s1. The molecular weight excluding hydrogens is 313 g/mol. The molecule has 3 N–H and O–H groups in total. The first-order valence-electron chi connectivity index (χ1n) is 6.68. The average Bonchev–Trinajstić information content (AvgIpc) is 2.89. The van der Waals surface area contributed by atoms with Crippen LogP contribution in [0.15, 0.2) is 18.2 Å². The molecule has 0 bridgehead atoms. The van der Waals surface area contributed by atoms with E-state index in [1.807, 2.05) is 0 Å². The highest BCUT2D eigenvalue weighted by Crippen LogP contribution is 2.26. The lowest BCUT2D eigenvalue weighted by molar-refractivity contribution is -0.122. The number of carbonyl (C=O) groups is 2. The second kappa shape index (κ2) is 6.54. The minimum Gasteiger partial charge on any atom is -0.351 e. The largest absolute Gasteiger partial charge is 0.351 e. The number of primary amides is 1. The Morgan fingerprint density at radius 2 is 2.10 bits per heavy atom. The fourth-order valence-electron chi connectivity index (χ4n) is 2.34. The first kappa shape index (κ1) is 15.9. The number of amides is 3. The van der Waals surface area contributed by atoms with Crippen LogP contribution in [0.1, 0.15) is 24.8 Å². The molecule has 0 aliphatic carbocycles. The molecule has 1 heterocycles. The zero-order valence-electron chi connectivity index (χ0n) is 11.6. The summed E-state index contributed by atoms with van der Waals surface area (Å²) >= 11 is 11.8. The van der Waals surface area contributed by atoms with E-state index in [1.54, 1.807) is 25.1 Å². The van der Waals surface area contributed by atoms with Crippen molar-refractivity contribution in [2.75, 3.05) is 13.1 Å². The summed E-state index contributed by atoms with van der Waals surface area (Å²) in [5.74, 6) is -0.452. The first-order valence-corrected chi connectivity index (χ1v) is 7.43. The maximum absolute atomic E-state index is 12.3. The van der Waals surface area contributed by atoms with E-state index in [9.17, 15) is 9.59 Å². The predicted molar refractivity (Wildman–Crippen MR) is 82.6 cm³/mol. The van der Waals surface area contributed by atoms with E-state index < -0.39 is 6.03 Å².